The monoisotopic (exact) mass is 390 g/mol. The second-order valence-electron chi connectivity index (χ2n) is 4.00. The first-order valence-corrected chi connectivity index (χ1v) is 6.75. The van der Waals surface area contributed by atoms with Gasteiger partial charge in [0.15, 0.2) is 0 Å². The van der Waals surface area contributed by atoms with Crippen molar-refractivity contribution in [2.75, 3.05) is 5.43 Å². The van der Waals surface area contributed by atoms with Crippen molar-refractivity contribution in [1.29, 1.82) is 0 Å². The number of halogens is 4. The number of hydrazone groups is 1. The second-order valence-corrected chi connectivity index (χ2v) is 5.24. The number of nitrogens with one attached hydrogen (secondary N) is 1. The highest BCUT2D eigenvalue weighted by molar-refractivity contribution is 14.1. The summed E-state index contributed by atoms with van der Waals surface area (Å²) < 4.78 is 38.2. The van der Waals surface area contributed by atoms with E-state index >= 15 is 0 Å². The Morgan fingerprint density at radius 1 is 0.950 bits per heavy atom. The summed E-state index contributed by atoms with van der Waals surface area (Å²) in [6, 6.07) is 12.4. The van der Waals surface area contributed by atoms with E-state index in [2.05, 4.69) is 33.1 Å². The van der Waals surface area contributed by atoms with Crippen LogP contribution >= 0.6 is 22.6 Å². The van der Waals surface area contributed by atoms with Crippen LogP contribution in [0.1, 0.15) is 11.1 Å². The predicted molar refractivity (Wildman–Crippen MR) is 81.8 cm³/mol. The minimum absolute atomic E-state index is 0.500. The molecule has 2 aromatic carbocycles. The van der Waals surface area contributed by atoms with Gasteiger partial charge in [-0.1, -0.05) is 12.1 Å². The Bertz CT molecular complexity index is 589. The van der Waals surface area contributed by atoms with Gasteiger partial charge in [0, 0.05) is 3.57 Å². The zero-order valence-corrected chi connectivity index (χ0v) is 12.3. The van der Waals surface area contributed by atoms with E-state index in [1.54, 1.807) is 6.21 Å². The molecule has 0 aliphatic rings. The quantitative estimate of drug-likeness (QED) is 0.457. The van der Waals surface area contributed by atoms with Crippen molar-refractivity contribution >= 4 is 34.5 Å². The van der Waals surface area contributed by atoms with Gasteiger partial charge in [0.2, 0.25) is 0 Å². The molecule has 0 unspecified atom stereocenters. The molecule has 2 rings (SSSR count). The van der Waals surface area contributed by atoms with Crippen molar-refractivity contribution in [2.24, 2.45) is 5.10 Å². The van der Waals surface area contributed by atoms with E-state index in [1.165, 1.54) is 12.1 Å². The summed E-state index contributed by atoms with van der Waals surface area (Å²) in [6.45, 7) is 0. The predicted octanol–water partition coefficient (Wildman–Crippen LogP) is 4.76. The summed E-state index contributed by atoms with van der Waals surface area (Å²) in [5.41, 5.74) is 3.42. The van der Waals surface area contributed by atoms with Crippen LogP contribution in [-0.2, 0) is 6.18 Å². The molecule has 0 saturated carbocycles. The molecule has 104 valence electrons. The molecule has 2 nitrogen and oxygen atoms in total. The van der Waals surface area contributed by atoms with Crippen molar-refractivity contribution in [2.45, 2.75) is 6.18 Å². The van der Waals surface area contributed by atoms with Gasteiger partial charge in [0.05, 0.1) is 17.5 Å². The minimum Gasteiger partial charge on any atom is -0.279 e. The maximum absolute atomic E-state index is 12.4. The highest BCUT2D eigenvalue weighted by Crippen LogP contribution is 2.29. The lowest BCUT2D eigenvalue weighted by Gasteiger charge is -2.07. The van der Waals surface area contributed by atoms with Crippen LogP contribution in [0.3, 0.4) is 0 Å². The Morgan fingerprint density at radius 2 is 1.55 bits per heavy atom. The number of hydrogen-bond acceptors (Lipinski definition) is 2. The molecule has 0 spiro atoms. The van der Waals surface area contributed by atoms with Crippen LogP contribution in [0.15, 0.2) is 53.6 Å². The number of nitrogens with zero attached hydrogens (tertiary/aromatic N) is 1. The second kappa shape index (κ2) is 6.25. The first-order valence-electron chi connectivity index (χ1n) is 5.67. The fourth-order valence-electron chi connectivity index (χ4n) is 1.46. The molecular formula is C14H10F3IN2. The lowest BCUT2D eigenvalue weighted by atomic mass is 10.2. The van der Waals surface area contributed by atoms with Crippen molar-refractivity contribution in [3.05, 3.63) is 63.2 Å². The maximum atomic E-state index is 12.4. The molecule has 0 amide bonds. The molecule has 0 aromatic heterocycles. The van der Waals surface area contributed by atoms with Gasteiger partial charge in [-0.2, -0.15) is 18.3 Å². The molecular weight excluding hydrogens is 380 g/mol. The van der Waals surface area contributed by atoms with Gasteiger partial charge < -0.3 is 0 Å². The van der Waals surface area contributed by atoms with Crippen LogP contribution in [-0.4, -0.2) is 6.21 Å². The lowest BCUT2D eigenvalue weighted by Crippen LogP contribution is -2.04. The Morgan fingerprint density at radius 3 is 2.10 bits per heavy atom. The standard InChI is InChI=1S/C14H10F3IN2/c15-14(16,17)11-3-7-13(8-4-11)20-19-9-10-1-5-12(18)6-2-10/h1-9,20H/b19-9+. The summed E-state index contributed by atoms with van der Waals surface area (Å²) in [6.07, 6.45) is -2.71. The van der Waals surface area contributed by atoms with Gasteiger partial charge in [-0.15, -0.1) is 0 Å². The first kappa shape index (κ1) is 14.8. The fourth-order valence-corrected chi connectivity index (χ4v) is 1.82. The number of rotatable bonds is 3. The van der Waals surface area contributed by atoms with Gasteiger partial charge in [-0.25, -0.2) is 0 Å². The molecule has 20 heavy (non-hydrogen) atoms. The molecule has 0 radical (unpaired) electrons. The summed E-state index contributed by atoms with van der Waals surface area (Å²) in [5, 5.41) is 3.97. The molecule has 0 aliphatic carbocycles. The number of hydrogen-bond donors (Lipinski definition) is 1. The van der Waals surface area contributed by atoms with Gasteiger partial charge in [-0.05, 0) is 64.6 Å². The van der Waals surface area contributed by atoms with Crippen LogP contribution in [0.4, 0.5) is 18.9 Å². The summed E-state index contributed by atoms with van der Waals surface area (Å²) in [7, 11) is 0. The molecule has 0 fully saturated rings. The van der Waals surface area contributed by atoms with Crippen LogP contribution < -0.4 is 5.43 Å². The minimum atomic E-state index is -4.32. The van der Waals surface area contributed by atoms with Gasteiger partial charge in [0.25, 0.3) is 0 Å². The van der Waals surface area contributed by atoms with E-state index < -0.39 is 11.7 Å². The average molecular weight is 390 g/mol. The third-order valence-electron chi connectivity index (χ3n) is 2.49. The largest absolute Gasteiger partial charge is 0.416 e. The molecule has 2 aromatic rings. The Labute approximate surface area is 127 Å². The zero-order chi connectivity index (χ0) is 14.6. The Balaban J connectivity index is 1.99. The molecule has 0 bridgehead atoms. The first-order chi connectivity index (χ1) is 9.45. The molecule has 6 heteroatoms. The zero-order valence-electron chi connectivity index (χ0n) is 10.2. The molecule has 1 N–H and O–H groups in total. The van der Waals surface area contributed by atoms with Crippen molar-refractivity contribution < 1.29 is 13.2 Å². The number of benzene rings is 2. The highest BCUT2D eigenvalue weighted by atomic mass is 127. The van der Waals surface area contributed by atoms with E-state index in [-0.39, 0.29) is 0 Å². The fraction of sp³-hybridized carbons (Fsp3) is 0.0714. The van der Waals surface area contributed by atoms with E-state index in [9.17, 15) is 13.2 Å². The van der Waals surface area contributed by atoms with Crippen LogP contribution in [0.25, 0.3) is 0 Å². The number of anilines is 1. The van der Waals surface area contributed by atoms with Crippen molar-refractivity contribution in [1.82, 2.24) is 0 Å². The Kier molecular flexibility index (Phi) is 4.64. The summed E-state index contributed by atoms with van der Waals surface area (Å²) in [4.78, 5) is 0. The third-order valence-corrected chi connectivity index (χ3v) is 3.21. The Hall–Kier alpha value is -1.57. The van der Waals surface area contributed by atoms with E-state index in [4.69, 9.17) is 0 Å². The van der Waals surface area contributed by atoms with E-state index in [1.807, 2.05) is 24.3 Å². The van der Waals surface area contributed by atoms with Gasteiger partial charge in [0.1, 0.15) is 0 Å². The molecule has 0 heterocycles. The van der Waals surface area contributed by atoms with Gasteiger partial charge in [-0.3, -0.25) is 5.43 Å². The maximum Gasteiger partial charge on any atom is 0.416 e. The van der Waals surface area contributed by atoms with E-state index in [0.29, 0.717) is 5.69 Å². The van der Waals surface area contributed by atoms with E-state index in [0.717, 1.165) is 21.3 Å². The third kappa shape index (κ3) is 4.22. The summed E-state index contributed by atoms with van der Waals surface area (Å²) >= 11 is 2.20. The highest BCUT2D eigenvalue weighted by Gasteiger charge is 2.29. The van der Waals surface area contributed by atoms with Crippen molar-refractivity contribution in [3.8, 4) is 0 Å². The SMILES string of the molecule is FC(F)(F)c1ccc(N/N=C/c2ccc(I)cc2)cc1. The molecule has 0 aliphatic heterocycles. The summed E-state index contributed by atoms with van der Waals surface area (Å²) in [5.74, 6) is 0. The molecule has 0 saturated heterocycles. The lowest BCUT2D eigenvalue weighted by molar-refractivity contribution is -0.137. The smallest absolute Gasteiger partial charge is 0.279 e. The van der Waals surface area contributed by atoms with Crippen molar-refractivity contribution in [3.63, 3.8) is 0 Å². The van der Waals surface area contributed by atoms with Crippen LogP contribution in [0.5, 0.6) is 0 Å². The normalized spacial score (nSPS) is 11.8. The van der Waals surface area contributed by atoms with Crippen LogP contribution in [0.2, 0.25) is 0 Å². The average Bonchev–Trinajstić information content (AvgIpc) is 2.41. The van der Waals surface area contributed by atoms with Crippen LogP contribution in [0, 0.1) is 3.57 Å². The molecule has 0 atom stereocenters. The number of alkyl halides is 3. The topological polar surface area (TPSA) is 24.4 Å². The van der Waals surface area contributed by atoms with Gasteiger partial charge >= 0.3 is 6.18 Å².